The predicted octanol–water partition coefficient (Wildman–Crippen LogP) is 2.83. The first-order valence-electron chi connectivity index (χ1n) is 6.81. The maximum Gasteiger partial charge on any atom is 0.198 e. The smallest absolute Gasteiger partial charge is 0.198 e. The maximum absolute atomic E-state index is 12.6. The lowest BCUT2D eigenvalue weighted by Gasteiger charge is -2.20. The van der Waals surface area contributed by atoms with Crippen molar-refractivity contribution in [1.29, 1.82) is 0 Å². The van der Waals surface area contributed by atoms with Crippen LogP contribution in [0, 0.1) is 0 Å². The van der Waals surface area contributed by atoms with Gasteiger partial charge in [0.25, 0.3) is 0 Å². The number of aryl methyl sites for hydroxylation is 1. The number of aromatic hydroxyl groups is 2. The fourth-order valence-electron chi connectivity index (χ4n) is 2.72. The second kappa shape index (κ2) is 4.74. The zero-order chi connectivity index (χ0) is 15.1. The molecular formula is C17H14O4. The molecule has 21 heavy (non-hydrogen) atoms. The monoisotopic (exact) mass is 282 g/mol. The first-order valence-corrected chi connectivity index (χ1v) is 6.81. The first kappa shape index (κ1) is 13.4. The molecule has 0 saturated carbocycles. The molecule has 0 atom stereocenters. The van der Waals surface area contributed by atoms with Crippen LogP contribution in [-0.4, -0.2) is 21.8 Å². The van der Waals surface area contributed by atoms with E-state index in [0.29, 0.717) is 12.0 Å². The minimum atomic E-state index is -0.425. The van der Waals surface area contributed by atoms with Gasteiger partial charge in [0.05, 0.1) is 5.56 Å². The van der Waals surface area contributed by atoms with Crippen molar-refractivity contribution < 1.29 is 19.8 Å². The van der Waals surface area contributed by atoms with Crippen LogP contribution < -0.4 is 0 Å². The van der Waals surface area contributed by atoms with Crippen molar-refractivity contribution in [2.75, 3.05) is 0 Å². The first-order chi connectivity index (χ1) is 10.0. The highest BCUT2D eigenvalue weighted by atomic mass is 16.3. The van der Waals surface area contributed by atoms with Gasteiger partial charge in [-0.3, -0.25) is 9.59 Å². The standard InChI is InChI=1S/C17H14O4/c1-2-3-9-4-6-12-14(15(9)19)17(21)13-8-10(18)5-7-11(13)16(12)20/h4-8,18-19H,2-3H2,1H3. The van der Waals surface area contributed by atoms with E-state index in [0.717, 1.165) is 6.42 Å². The van der Waals surface area contributed by atoms with Crippen molar-refractivity contribution >= 4 is 11.6 Å². The maximum atomic E-state index is 12.6. The summed E-state index contributed by atoms with van der Waals surface area (Å²) < 4.78 is 0. The van der Waals surface area contributed by atoms with Gasteiger partial charge in [-0.05, 0) is 36.2 Å². The summed E-state index contributed by atoms with van der Waals surface area (Å²) in [5.41, 5.74) is 1.31. The lowest BCUT2D eigenvalue weighted by atomic mass is 9.82. The molecule has 0 bridgehead atoms. The third-order valence-electron chi connectivity index (χ3n) is 3.74. The zero-order valence-corrected chi connectivity index (χ0v) is 11.5. The molecule has 0 fully saturated rings. The van der Waals surface area contributed by atoms with Crippen molar-refractivity contribution in [3.05, 3.63) is 58.1 Å². The Bertz CT molecular complexity index is 775. The molecule has 1 aliphatic rings. The Labute approximate surface area is 121 Å². The van der Waals surface area contributed by atoms with Gasteiger partial charge in [0.1, 0.15) is 11.5 Å². The Morgan fingerprint density at radius 1 is 0.905 bits per heavy atom. The molecule has 1 aliphatic carbocycles. The van der Waals surface area contributed by atoms with E-state index in [9.17, 15) is 19.8 Å². The quantitative estimate of drug-likeness (QED) is 0.758. The summed E-state index contributed by atoms with van der Waals surface area (Å²) in [6.07, 6.45) is 1.46. The number of benzene rings is 2. The molecule has 2 N–H and O–H groups in total. The average molecular weight is 282 g/mol. The summed E-state index contributed by atoms with van der Waals surface area (Å²) >= 11 is 0. The van der Waals surface area contributed by atoms with Crippen molar-refractivity contribution in [1.82, 2.24) is 0 Å². The summed E-state index contributed by atoms with van der Waals surface area (Å²) in [6.45, 7) is 1.97. The number of carbonyl (C=O) groups is 2. The number of ketones is 2. The van der Waals surface area contributed by atoms with Crippen LogP contribution in [0.2, 0.25) is 0 Å². The molecule has 0 amide bonds. The average Bonchev–Trinajstić information content (AvgIpc) is 2.47. The summed E-state index contributed by atoms with van der Waals surface area (Å²) in [6, 6.07) is 7.36. The lowest BCUT2D eigenvalue weighted by molar-refractivity contribution is 0.0976. The Morgan fingerprint density at radius 3 is 2.33 bits per heavy atom. The molecule has 0 aliphatic heterocycles. The van der Waals surface area contributed by atoms with E-state index in [4.69, 9.17) is 0 Å². The number of phenols is 2. The third kappa shape index (κ3) is 1.91. The molecule has 2 aromatic carbocycles. The van der Waals surface area contributed by atoms with Gasteiger partial charge in [0, 0.05) is 16.7 Å². The van der Waals surface area contributed by atoms with Gasteiger partial charge in [-0.2, -0.15) is 0 Å². The molecule has 106 valence electrons. The topological polar surface area (TPSA) is 74.6 Å². The molecule has 0 heterocycles. The normalized spacial score (nSPS) is 13.0. The molecule has 2 aromatic rings. The van der Waals surface area contributed by atoms with E-state index in [1.807, 2.05) is 6.92 Å². The van der Waals surface area contributed by atoms with Crippen molar-refractivity contribution in [3.63, 3.8) is 0 Å². The van der Waals surface area contributed by atoms with Crippen molar-refractivity contribution in [3.8, 4) is 11.5 Å². The third-order valence-corrected chi connectivity index (χ3v) is 3.74. The molecule has 4 heteroatoms. The van der Waals surface area contributed by atoms with E-state index >= 15 is 0 Å². The second-order valence-corrected chi connectivity index (χ2v) is 5.13. The van der Waals surface area contributed by atoms with Crippen LogP contribution in [0.15, 0.2) is 30.3 Å². The fraction of sp³-hybridized carbons (Fsp3) is 0.176. The summed E-state index contributed by atoms with van der Waals surface area (Å²) in [5, 5.41) is 19.8. The van der Waals surface area contributed by atoms with Gasteiger partial charge in [0.15, 0.2) is 11.6 Å². The number of phenolic OH excluding ortho intramolecular Hbond substituents is 2. The van der Waals surface area contributed by atoms with Crippen molar-refractivity contribution in [2.24, 2.45) is 0 Å². The Balaban J connectivity index is 2.26. The number of fused-ring (bicyclic) bond motifs is 2. The predicted molar refractivity (Wildman–Crippen MR) is 77.1 cm³/mol. The van der Waals surface area contributed by atoms with Gasteiger partial charge in [0.2, 0.25) is 0 Å². The molecule has 4 nitrogen and oxygen atoms in total. The lowest BCUT2D eigenvalue weighted by Crippen LogP contribution is -2.21. The Hall–Kier alpha value is -2.62. The van der Waals surface area contributed by atoms with Gasteiger partial charge >= 0.3 is 0 Å². The summed E-state index contributed by atoms with van der Waals surface area (Å²) in [5.74, 6) is -0.937. The van der Waals surface area contributed by atoms with E-state index in [-0.39, 0.29) is 39.5 Å². The molecule has 0 radical (unpaired) electrons. The molecule has 0 unspecified atom stereocenters. The van der Waals surface area contributed by atoms with Crippen LogP contribution in [0.1, 0.15) is 50.8 Å². The Kier molecular flexibility index (Phi) is 3.01. The van der Waals surface area contributed by atoms with E-state index < -0.39 is 5.78 Å². The summed E-state index contributed by atoms with van der Waals surface area (Å²) in [7, 11) is 0. The molecule has 3 rings (SSSR count). The van der Waals surface area contributed by atoms with Gasteiger partial charge in [-0.15, -0.1) is 0 Å². The molecule has 0 saturated heterocycles. The van der Waals surface area contributed by atoms with E-state index in [2.05, 4.69) is 0 Å². The van der Waals surface area contributed by atoms with Crippen molar-refractivity contribution in [2.45, 2.75) is 19.8 Å². The highest BCUT2D eigenvalue weighted by molar-refractivity contribution is 6.29. The van der Waals surface area contributed by atoms with Crippen LogP contribution in [0.25, 0.3) is 0 Å². The number of hydrogen-bond donors (Lipinski definition) is 2. The van der Waals surface area contributed by atoms with Crippen LogP contribution >= 0.6 is 0 Å². The minimum Gasteiger partial charge on any atom is -0.508 e. The molecule has 0 aromatic heterocycles. The number of rotatable bonds is 2. The van der Waals surface area contributed by atoms with Crippen LogP contribution in [0.3, 0.4) is 0 Å². The fourth-order valence-corrected chi connectivity index (χ4v) is 2.72. The number of hydrogen-bond acceptors (Lipinski definition) is 4. The van der Waals surface area contributed by atoms with Gasteiger partial charge in [-0.25, -0.2) is 0 Å². The van der Waals surface area contributed by atoms with E-state index in [1.165, 1.54) is 18.2 Å². The number of carbonyl (C=O) groups excluding carboxylic acids is 2. The Morgan fingerprint density at radius 2 is 1.62 bits per heavy atom. The minimum absolute atomic E-state index is 0.0454. The van der Waals surface area contributed by atoms with E-state index in [1.54, 1.807) is 12.1 Å². The van der Waals surface area contributed by atoms with Crippen LogP contribution in [0.5, 0.6) is 11.5 Å². The highest BCUT2D eigenvalue weighted by Crippen LogP contribution is 2.36. The zero-order valence-electron chi connectivity index (χ0n) is 11.5. The van der Waals surface area contributed by atoms with Crippen LogP contribution in [0.4, 0.5) is 0 Å². The highest BCUT2D eigenvalue weighted by Gasteiger charge is 2.32. The largest absolute Gasteiger partial charge is 0.508 e. The second-order valence-electron chi connectivity index (χ2n) is 5.13. The molecule has 0 spiro atoms. The molecular weight excluding hydrogens is 268 g/mol. The van der Waals surface area contributed by atoms with Gasteiger partial charge < -0.3 is 10.2 Å². The van der Waals surface area contributed by atoms with Crippen LogP contribution in [-0.2, 0) is 6.42 Å². The SMILES string of the molecule is CCCc1ccc2c(c1O)C(=O)c1cc(O)ccc1C2=O. The van der Waals surface area contributed by atoms with Gasteiger partial charge in [-0.1, -0.05) is 19.4 Å². The summed E-state index contributed by atoms with van der Waals surface area (Å²) in [4.78, 5) is 25.0.